The van der Waals surface area contributed by atoms with Crippen LogP contribution in [0.2, 0.25) is 0 Å². The highest BCUT2D eigenvalue weighted by Gasteiger charge is 2.71. The van der Waals surface area contributed by atoms with E-state index in [1.807, 2.05) is 45.0 Å². The zero-order valence-corrected chi connectivity index (χ0v) is 31.2. The molecule has 0 aliphatic heterocycles. The van der Waals surface area contributed by atoms with Crippen LogP contribution < -0.4 is 4.90 Å². The summed E-state index contributed by atoms with van der Waals surface area (Å²) in [6.07, 6.45) is -0.160. The van der Waals surface area contributed by atoms with Gasteiger partial charge in [0, 0.05) is 48.3 Å². The third kappa shape index (κ3) is 5.24. The summed E-state index contributed by atoms with van der Waals surface area (Å²) in [6.45, 7) is 8.57. The van der Waals surface area contributed by atoms with E-state index in [1.54, 1.807) is 39.0 Å². The molecule has 276 valence electrons. The Kier molecular flexibility index (Phi) is 8.83. The second-order valence-electron chi connectivity index (χ2n) is 17.4. The average Bonchev–Trinajstić information content (AvgIpc) is 3.31. The maximum atomic E-state index is 14.7. The fourth-order valence-electron chi connectivity index (χ4n) is 10.7. The Morgan fingerprint density at radius 3 is 2.24 bits per heavy atom. The van der Waals surface area contributed by atoms with E-state index >= 15 is 0 Å². The molecule has 0 amide bonds. The Labute approximate surface area is 295 Å². The Morgan fingerprint density at radius 2 is 1.60 bits per heavy atom. The van der Waals surface area contributed by atoms with E-state index in [1.165, 1.54) is 12.1 Å². The second kappa shape index (κ2) is 11.8. The van der Waals surface area contributed by atoms with Crippen molar-refractivity contribution >= 4 is 32.1 Å². The number of aliphatic hydroxyl groups excluding tert-OH is 2. The monoisotopic (exact) mass is 713 g/mol. The zero-order valence-electron chi connectivity index (χ0n) is 30.3. The fourth-order valence-corrected chi connectivity index (χ4v) is 12.8. The predicted octanol–water partition coefficient (Wildman–Crippen LogP) is 3.87. The summed E-state index contributed by atoms with van der Waals surface area (Å²) in [5.41, 5.74) is -4.93. The topological polar surface area (TPSA) is 176 Å². The Balaban J connectivity index is 1.38. The largest absolute Gasteiger partial charge is 0.390 e. The normalized spacial score (nSPS) is 37.7. The molecule has 0 saturated heterocycles. The fraction of sp³-hybridized carbons (Fsp3) is 0.667. The van der Waals surface area contributed by atoms with Gasteiger partial charge in [-0.15, -0.1) is 0 Å². The molecular formula is C39H55NO9S. The number of allylic oxidation sites excluding steroid dienone is 1. The molecule has 3 saturated carbocycles. The molecule has 4 aliphatic carbocycles. The molecule has 0 bridgehead atoms. The molecule has 10 nitrogen and oxygen atoms in total. The molecule has 4 aliphatic rings. The molecule has 2 aromatic rings. The molecule has 0 heterocycles. The van der Waals surface area contributed by atoms with E-state index in [9.17, 15) is 43.9 Å². The number of ketones is 1. The lowest BCUT2D eigenvalue weighted by atomic mass is 9.45. The summed E-state index contributed by atoms with van der Waals surface area (Å²) in [5.74, 6) is -2.11. The first kappa shape index (κ1) is 37.4. The van der Waals surface area contributed by atoms with Crippen LogP contribution in [0.25, 0.3) is 10.8 Å². The third-order valence-corrected chi connectivity index (χ3v) is 15.9. The van der Waals surface area contributed by atoms with Crippen LogP contribution in [0.15, 0.2) is 52.9 Å². The van der Waals surface area contributed by atoms with Crippen molar-refractivity contribution in [3.05, 3.63) is 48.0 Å². The van der Waals surface area contributed by atoms with Gasteiger partial charge in [-0.25, -0.2) is 8.42 Å². The van der Waals surface area contributed by atoms with Crippen LogP contribution in [0.4, 0.5) is 5.69 Å². The number of carbonyl (C=O) groups is 1. The summed E-state index contributed by atoms with van der Waals surface area (Å²) < 4.78 is 29.3. The highest BCUT2D eigenvalue weighted by atomic mass is 32.2. The van der Waals surface area contributed by atoms with E-state index in [-0.39, 0.29) is 36.4 Å². The summed E-state index contributed by atoms with van der Waals surface area (Å²) in [4.78, 5) is 13.2. The number of nitrogens with zero attached hydrogens (tertiary/aromatic N) is 1. The van der Waals surface area contributed by atoms with Crippen LogP contribution in [0.1, 0.15) is 86.0 Å². The molecular weight excluding hydrogens is 658 g/mol. The van der Waals surface area contributed by atoms with Gasteiger partial charge in [0.1, 0.15) is 0 Å². The molecule has 11 heteroatoms. The van der Waals surface area contributed by atoms with Crippen LogP contribution in [0.5, 0.6) is 0 Å². The van der Waals surface area contributed by atoms with Crippen LogP contribution in [0.3, 0.4) is 0 Å². The van der Waals surface area contributed by atoms with E-state index in [0.717, 1.165) is 5.69 Å². The second-order valence-corrected chi connectivity index (χ2v) is 19.6. The zero-order chi connectivity index (χ0) is 37.0. The van der Waals surface area contributed by atoms with Crippen molar-refractivity contribution in [3.63, 3.8) is 0 Å². The molecule has 0 spiro atoms. The third-order valence-electron chi connectivity index (χ3n) is 13.7. The van der Waals surface area contributed by atoms with E-state index < -0.39 is 78.8 Å². The molecule has 6 N–H and O–H groups in total. The van der Waals surface area contributed by atoms with Crippen molar-refractivity contribution in [2.45, 2.75) is 125 Å². The highest BCUT2D eigenvalue weighted by Crippen LogP contribution is 2.69. The molecule has 2 aromatic carbocycles. The number of carbonyl (C=O) groups excluding carboxylic acids is 1. The number of sulfone groups is 1. The highest BCUT2D eigenvalue weighted by molar-refractivity contribution is 7.93. The Hall–Kier alpha value is -2.38. The molecule has 10 atom stereocenters. The van der Waals surface area contributed by atoms with Gasteiger partial charge in [-0.1, -0.05) is 38.1 Å². The standard InChI is InChI=1S/C39H55NO9S/c1-34(2,44)17-16-32(42)37(5,45)31-15-19-38(46)26-20-29(41)27-21-33(43)39(47,22-35(27,3)25(26)14-18-36(31,38)4)50(48,49)30-13-9-10-23-24(30)11-8-12-28(23)40(6)7/h8-13,20,25,27,31-33,42-47H,14-19,21-22H2,1-7H3/t25-,27+,31-,32+,33+,35+,36+,37+,38+,39+/m0/s1. The van der Waals surface area contributed by atoms with Gasteiger partial charge < -0.3 is 35.5 Å². The van der Waals surface area contributed by atoms with Crippen molar-refractivity contribution in [2.75, 3.05) is 19.0 Å². The van der Waals surface area contributed by atoms with Crippen molar-refractivity contribution < 1.29 is 43.9 Å². The summed E-state index contributed by atoms with van der Waals surface area (Å²) in [5, 5.41) is 70.9. The molecule has 0 unspecified atom stereocenters. The SMILES string of the molecule is CN(C)c1cccc2c(S(=O)(=O)[C@]3(O)C[C@@]4(C)[C@H](C[C@H]3O)C(=O)C=C3[C@@H]4CC[C@]4(C)[C@@H]([C@@](C)(O)[C@H](O)CCC(C)(C)O)CC[C@@]34O)cccc12. The number of hydrogen-bond donors (Lipinski definition) is 6. The van der Waals surface area contributed by atoms with Crippen LogP contribution in [-0.4, -0.2) is 92.9 Å². The van der Waals surface area contributed by atoms with E-state index in [4.69, 9.17) is 0 Å². The maximum absolute atomic E-state index is 14.7. The van der Waals surface area contributed by atoms with E-state index in [2.05, 4.69) is 0 Å². The first-order valence-corrected chi connectivity index (χ1v) is 19.4. The molecule has 6 rings (SSSR count). The summed E-state index contributed by atoms with van der Waals surface area (Å²) in [6, 6.07) is 10.2. The van der Waals surface area contributed by atoms with Crippen LogP contribution in [-0.2, 0) is 14.6 Å². The van der Waals surface area contributed by atoms with Gasteiger partial charge in [0.05, 0.1) is 33.9 Å². The van der Waals surface area contributed by atoms with Gasteiger partial charge in [0.15, 0.2) is 10.7 Å². The maximum Gasteiger partial charge on any atom is 0.211 e. The van der Waals surface area contributed by atoms with Gasteiger partial charge in [0.2, 0.25) is 9.84 Å². The minimum Gasteiger partial charge on any atom is -0.390 e. The number of fused-ring (bicyclic) bond motifs is 6. The number of anilines is 1. The first-order valence-electron chi connectivity index (χ1n) is 17.9. The van der Waals surface area contributed by atoms with E-state index in [0.29, 0.717) is 35.6 Å². The van der Waals surface area contributed by atoms with Crippen molar-refractivity contribution in [1.82, 2.24) is 0 Å². The minimum absolute atomic E-state index is 0.0981. The lowest BCUT2D eigenvalue weighted by molar-refractivity contribution is -0.179. The Morgan fingerprint density at radius 1 is 0.960 bits per heavy atom. The number of hydrogen-bond acceptors (Lipinski definition) is 10. The molecule has 0 aromatic heterocycles. The summed E-state index contributed by atoms with van der Waals surface area (Å²) in [7, 11) is -0.890. The quantitative estimate of drug-likeness (QED) is 0.236. The molecule has 3 fully saturated rings. The van der Waals surface area contributed by atoms with Gasteiger partial charge >= 0.3 is 0 Å². The van der Waals surface area contributed by atoms with Gasteiger partial charge in [-0.3, -0.25) is 4.79 Å². The number of benzene rings is 2. The van der Waals surface area contributed by atoms with Gasteiger partial charge in [-0.05, 0) is 107 Å². The first-order chi connectivity index (χ1) is 23.0. The smallest absolute Gasteiger partial charge is 0.211 e. The summed E-state index contributed by atoms with van der Waals surface area (Å²) >= 11 is 0. The lowest BCUT2D eigenvalue weighted by Gasteiger charge is -2.61. The molecule has 0 radical (unpaired) electrons. The molecule has 50 heavy (non-hydrogen) atoms. The van der Waals surface area contributed by atoms with Gasteiger partial charge in [0.25, 0.3) is 0 Å². The van der Waals surface area contributed by atoms with Gasteiger partial charge in [-0.2, -0.15) is 0 Å². The number of rotatable bonds is 8. The van der Waals surface area contributed by atoms with Crippen molar-refractivity contribution in [2.24, 2.45) is 28.6 Å². The predicted molar refractivity (Wildman–Crippen MR) is 191 cm³/mol. The average molecular weight is 714 g/mol. The van der Waals surface area contributed by atoms with Crippen molar-refractivity contribution in [3.8, 4) is 0 Å². The minimum atomic E-state index is -4.61. The Bertz CT molecular complexity index is 1830. The number of aliphatic hydroxyl groups is 6. The lowest BCUT2D eigenvalue weighted by Crippen LogP contribution is -2.66. The van der Waals surface area contributed by atoms with Crippen molar-refractivity contribution in [1.29, 1.82) is 0 Å². The van der Waals surface area contributed by atoms with Crippen LogP contribution in [0, 0.1) is 28.6 Å². The van der Waals surface area contributed by atoms with Crippen LogP contribution >= 0.6 is 0 Å².